The van der Waals surface area contributed by atoms with Crippen molar-refractivity contribution in [2.24, 2.45) is 10.8 Å². The van der Waals surface area contributed by atoms with Crippen LogP contribution in [0.2, 0.25) is 0 Å². The number of hydrogen-bond acceptors (Lipinski definition) is 2. The summed E-state index contributed by atoms with van der Waals surface area (Å²) in [5.74, 6) is 0. The highest BCUT2D eigenvalue weighted by Crippen LogP contribution is 2.39. The van der Waals surface area contributed by atoms with E-state index in [4.69, 9.17) is 0 Å². The van der Waals surface area contributed by atoms with Crippen molar-refractivity contribution in [1.82, 2.24) is 10.2 Å². The Morgan fingerprint density at radius 3 is 2.11 bits per heavy atom. The standard InChI is InChI=1S/C17H36N2/c1-6-16(7-2)11-12-19(14-16)15-17(8-3,9-4)13-18-10-5/h18H,6-15H2,1-5H3. The van der Waals surface area contributed by atoms with Gasteiger partial charge in [0.2, 0.25) is 0 Å². The van der Waals surface area contributed by atoms with Crippen LogP contribution < -0.4 is 5.32 Å². The van der Waals surface area contributed by atoms with Crippen molar-refractivity contribution in [2.45, 2.75) is 66.7 Å². The van der Waals surface area contributed by atoms with E-state index >= 15 is 0 Å². The first-order chi connectivity index (χ1) is 9.09. The van der Waals surface area contributed by atoms with Gasteiger partial charge in [-0.15, -0.1) is 0 Å². The second kappa shape index (κ2) is 7.64. The lowest BCUT2D eigenvalue weighted by molar-refractivity contribution is 0.139. The van der Waals surface area contributed by atoms with Crippen LogP contribution in [0.25, 0.3) is 0 Å². The Bertz CT molecular complexity index is 242. The Labute approximate surface area is 121 Å². The van der Waals surface area contributed by atoms with Crippen molar-refractivity contribution < 1.29 is 0 Å². The molecule has 114 valence electrons. The van der Waals surface area contributed by atoms with E-state index in [0.717, 1.165) is 6.54 Å². The molecule has 19 heavy (non-hydrogen) atoms. The average molecular weight is 268 g/mol. The minimum absolute atomic E-state index is 0.480. The molecule has 0 saturated carbocycles. The maximum atomic E-state index is 3.59. The Morgan fingerprint density at radius 1 is 1.05 bits per heavy atom. The number of nitrogens with zero attached hydrogens (tertiary/aromatic N) is 1. The van der Waals surface area contributed by atoms with Crippen LogP contribution in [0.4, 0.5) is 0 Å². The lowest BCUT2D eigenvalue weighted by atomic mass is 9.80. The van der Waals surface area contributed by atoms with E-state index < -0.39 is 0 Å². The first-order valence-corrected chi connectivity index (χ1v) is 8.52. The predicted molar refractivity (Wildman–Crippen MR) is 85.6 cm³/mol. The number of rotatable bonds is 9. The molecule has 0 radical (unpaired) electrons. The van der Waals surface area contributed by atoms with Crippen LogP contribution in [-0.4, -0.2) is 37.6 Å². The van der Waals surface area contributed by atoms with Crippen LogP contribution in [0.5, 0.6) is 0 Å². The van der Waals surface area contributed by atoms with Gasteiger partial charge in [0.15, 0.2) is 0 Å². The van der Waals surface area contributed by atoms with E-state index in [2.05, 4.69) is 44.8 Å². The van der Waals surface area contributed by atoms with Gasteiger partial charge in [-0.1, -0.05) is 34.6 Å². The van der Waals surface area contributed by atoms with Gasteiger partial charge < -0.3 is 10.2 Å². The van der Waals surface area contributed by atoms with Crippen LogP contribution >= 0.6 is 0 Å². The molecule has 0 aliphatic carbocycles. The van der Waals surface area contributed by atoms with Gasteiger partial charge in [0, 0.05) is 19.6 Å². The quantitative estimate of drug-likeness (QED) is 0.682. The number of nitrogens with one attached hydrogen (secondary N) is 1. The molecular weight excluding hydrogens is 232 g/mol. The molecule has 1 saturated heterocycles. The zero-order valence-corrected chi connectivity index (χ0v) is 14.0. The summed E-state index contributed by atoms with van der Waals surface area (Å²) in [6.45, 7) is 17.9. The molecule has 1 heterocycles. The van der Waals surface area contributed by atoms with Crippen LogP contribution in [0.15, 0.2) is 0 Å². The molecule has 2 nitrogen and oxygen atoms in total. The summed E-state index contributed by atoms with van der Waals surface area (Å²) in [6, 6.07) is 0. The molecule has 0 aromatic rings. The molecule has 0 aromatic carbocycles. The first-order valence-electron chi connectivity index (χ1n) is 8.52. The zero-order chi connectivity index (χ0) is 14.4. The Kier molecular flexibility index (Phi) is 6.82. The van der Waals surface area contributed by atoms with Crippen molar-refractivity contribution in [2.75, 3.05) is 32.7 Å². The molecule has 1 aliphatic rings. The highest BCUT2D eigenvalue weighted by Gasteiger charge is 2.38. The van der Waals surface area contributed by atoms with Crippen molar-refractivity contribution >= 4 is 0 Å². The fraction of sp³-hybridized carbons (Fsp3) is 1.00. The molecule has 2 heteroatoms. The minimum atomic E-state index is 0.480. The summed E-state index contributed by atoms with van der Waals surface area (Å²) < 4.78 is 0. The van der Waals surface area contributed by atoms with Gasteiger partial charge in [0.25, 0.3) is 0 Å². The summed E-state index contributed by atoms with van der Waals surface area (Å²) in [7, 11) is 0. The van der Waals surface area contributed by atoms with E-state index in [1.807, 2.05) is 0 Å². The molecule has 1 N–H and O–H groups in total. The molecule has 0 atom stereocenters. The number of likely N-dealkylation sites (tertiary alicyclic amines) is 1. The molecule has 1 fully saturated rings. The SMILES string of the molecule is CCNCC(CC)(CC)CN1CCC(CC)(CC)C1. The Hall–Kier alpha value is -0.0800. The average Bonchev–Trinajstić information content (AvgIpc) is 2.87. The monoisotopic (exact) mass is 268 g/mol. The zero-order valence-electron chi connectivity index (χ0n) is 14.0. The van der Waals surface area contributed by atoms with Gasteiger partial charge in [-0.3, -0.25) is 0 Å². The first kappa shape index (κ1) is 17.0. The van der Waals surface area contributed by atoms with Crippen molar-refractivity contribution in [3.63, 3.8) is 0 Å². The highest BCUT2D eigenvalue weighted by molar-refractivity contribution is 4.92. The fourth-order valence-corrected chi connectivity index (χ4v) is 3.63. The van der Waals surface area contributed by atoms with Crippen LogP contribution in [-0.2, 0) is 0 Å². The second-order valence-electron chi connectivity index (χ2n) is 6.66. The molecular formula is C17H36N2. The third-order valence-corrected chi connectivity index (χ3v) is 5.83. The van der Waals surface area contributed by atoms with E-state index in [9.17, 15) is 0 Å². The van der Waals surface area contributed by atoms with Crippen molar-refractivity contribution in [1.29, 1.82) is 0 Å². The molecule has 1 rings (SSSR count). The predicted octanol–water partition coefficient (Wildman–Crippen LogP) is 3.91. The van der Waals surface area contributed by atoms with Crippen LogP contribution in [0.1, 0.15) is 66.7 Å². The molecule has 0 spiro atoms. The largest absolute Gasteiger partial charge is 0.316 e. The Morgan fingerprint density at radius 2 is 1.68 bits per heavy atom. The molecule has 0 amide bonds. The number of hydrogen-bond donors (Lipinski definition) is 1. The normalized spacial score (nSPS) is 20.1. The van der Waals surface area contributed by atoms with E-state index in [1.165, 1.54) is 58.3 Å². The second-order valence-corrected chi connectivity index (χ2v) is 6.66. The smallest absolute Gasteiger partial charge is 0.00502 e. The summed E-state index contributed by atoms with van der Waals surface area (Å²) >= 11 is 0. The summed E-state index contributed by atoms with van der Waals surface area (Å²) in [5.41, 5.74) is 1.10. The minimum Gasteiger partial charge on any atom is -0.316 e. The summed E-state index contributed by atoms with van der Waals surface area (Å²) in [4.78, 5) is 2.75. The molecule has 0 bridgehead atoms. The van der Waals surface area contributed by atoms with Gasteiger partial charge in [0.1, 0.15) is 0 Å². The topological polar surface area (TPSA) is 15.3 Å². The van der Waals surface area contributed by atoms with Crippen LogP contribution in [0.3, 0.4) is 0 Å². The highest BCUT2D eigenvalue weighted by atomic mass is 15.2. The Balaban J connectivity index is 2.61. The lowest BCUT2D eigenvalue weighted by Crippen LogP contribution is -2.43. The van der Waals surface area contributed by atoms with Gasteiger partial charge in [-0.25, -0.2) is 0 Å². The summed E-state index contributed by atoms with van der Waals surface area (Å²) in [5, 5.41) is 3.59. The summed E-state index contributed by atoms with van der Waals surface area (Å²) in [6.07, 6.45) is 6.68. The van der Waals surface area contributed by atoms with Gasteiger partial charge in [0.05, 0.1) is 0 Å². The third kappa shape index (κ3) is 4.19. The van der Waals surface area contributed by atoms with Gasteiger partial charge in [-0.2, -0.15) is 0 Å². The van der Waals surface area contributed by atoms with Gasteiger partial charge >= 0.3 is 0 Å². The van der Waals surface area contributed by atoms with E-state index in [0.29, 0.717) is 10.8 Å². The fourth-order valence-electron chi connectivity index (χ4n) is 3.63. The molecule has 0 unspecified atom stereocenters. The van der Waals surface area contributed by atoms with Crippen LogP contribution in [0, 0.1) is 10.8 Å². The maximum absolute atomic E-state index is 3.59. The van der Waals surface area contributed by atoms with E-state index in [-0.39, 0.29) is 0 Å². The molecule has 1 aliphatic heterocycles. The van der Waals surface area contributed by atoms with Crippen molar-refractivity contribution in [3.05, 3.63) is 0 Å². The van der Waals surface area contributed by atoms with E-state index in [1.54, 1.807) is 0 Å². The molecule has 0 aromatic heterocycles. The van der Waals surface area contributed by atoms with Crippen molar-refractivity contribution in [3.8, 4) is 0 Å². The third-order valence-electron chi connectivity index (χ3n) is 5.83. The lowest BCUT2D eigenvalue weighted by Gasteiger charge is -2.37. The maximum Gasteiger partial charge on any atom is 0.00502 e. The van der Waals surface area contributed by atoms with Gasteiger partial charge in [-0.05, 0) is 56.0 Å².